The fourth-order valence-corrected chi connectivity index (χ4v) is 4.08. The zero-order valence-electron chi connectivity index (χ0n) is 12.0. The van der Waals surface area contributed by atoms with Crippen LogP contribution in [0.5, 0.6) is 0 Å². The lowest BCUT2D eigenvalue weighted by molar-refractivity contribution is 0.140. The number of hydrogen-bond donors (Lipinski definition) is 2. The molecule has 0 bridgehead atoms. The SMILES string of the molecule is Cc1ccsc1C(CN)N1CC(O)CC1CN(C)C. The van der Waals surface area contributed by atoms with Crippen LogP contribution in [-0.4, -0.2) is 60.8 Å². The first-order chi connectivity index (χ1) is 9.02. The van der Waals surface area contributed by atoms with Crippen LogP contribution in [0.2, 0.25) is 0 Å². The number of hydrogen-bond acceptors (Lipinski definition) is 5. The molecule has 3 atom stereocenters. The number of likely N-dealkylation sites (N-methyl/N-ethyl adjacent to an activating group) is 1. The summed E-state index contributed by atoms with van der Waals surface area (Å²) in [6, 6.07) is 2.78. The Kier molecular flexibility index (Phi) is 4.97. The van der Waals surface area contributed by atoms with Crippen molar-refractivity contribution in [1.82, 2.24) is 9.80 Å². The number of nitrogens with zero attached hydrogens (tertiary/aromatic N) is 2. The lowest BCUT2D eigenvalue weighted by Gasteiger charge is -2.33. The molecule has 19 heavy (non-hydrogen) atoms. The number of aliphatic hydroxyl groups is 1. The third-order valence-corrected chi connectivity index (χ3v) is 4.96. The van der Waals surface area contributed by atoms with Crippen LogP contribution in [0.4, 0.5) is 0 Å². The first-order valence-corrected chi connectivity index (χ1v) is 7.73. The van der Waals surface area contributed by atoms with E-state index in [9.17, 15) is 5.11 Å². The van der Waals surface area contributed by atoms with Crippen molar-refractivity contribution >= 4 is 11.3 Å². The fraction of sp³-hybridized carbons (Fsp3) is 0.714. The minimum absolute atomic E-state index is 0.223. The maximum Gasteiger partial charge on any atom is 0.0682 e. The van der Waals surface area contributed by atoms with E-state index in [1.54, 1.807) is 11.3 Å². The first-order valence-electron chi connectivity index (χ1n) is 6.85. The summed E-state index contributed by atoms with van der Waals surface area (Å²) in [4.78, 5) is 5.92. The largest absolute Gasteiger partial charge is 0.392 e. The van der Waals surface area contributed by atoms with E-state index in [2.05, 4.69) is 42.3 Å². The Morgan fingerprint density at radius 1 is 1.58 bits per heavy atom. The van der Waals surface area contributed by atoms with E-state index < -0.39 is 0 Å². The molecule has 3 unspecified atom stereocenters. The van der Waals surface area contributed by atoms with E-state index in [0.29, 0.717) is 12.6 Å². The van der Waals surface area contributed by atoms with Crippen molar-refractivity contribution in [2.45, 2.75) is 31.5 Å². The number of thiophene rings is 1. The van der Waals surface area contributed by atoms with Gasteiger partial charge in [0.2, 0.25) is 0 Å². The highest BCUT2D eigenvalue weighted by Gasteiger charge is 2.36. The van der Waals surface area contributed by atoms with Crippen molar-refractivity contribution in [3.05, 3.63) is 21.9 Å². The number of rotatable bonds is 5. The molecule has 1 aromatic heterocycles. The highest BCUT2D eigenvalue weighted by Crippen LogP contribution is 2.33. The van der Waals surface area contributed by atoms with Crippen LogP contribution < -0.4 is 5.73 Å². The standard InChI is InChI=1S/C14H25N3OS/c1-10-4-5-19-14(10)13(7-15)17-9-12(18)6-11(17)8-16(2)3/h4-5,11-13,18H,6-9,15H2,1-3H3. The Bertz CT molecular complexity index is 407. The van der Waals surface area contributed by atoms with Gasteiger partial charge in [-0.05, 0) is 44.4 Å². The van der Waals surface area contributed by atoms with Crippen LogP contribution in [0, 0.1) is 6.92 Å². The summed E-state index contributed by atoms with van der Waals surface area (Å²) < 4.78 is 0. The molecule has 0 aromatic carbocycles. The van der Waals surface area contributed by atoms with Gasteiger partial charge in [0.1, 0.15) is 0 Å². The number of aliphatic hydroxyl groups excluding tert-OH is 1. The molecule has 0 spiro atoms. The van der Waals surface area contributed by atoms with Crippen LogP contribution in [0.1, 0.15) is 22.9 Å². The van der Waals surface area contributed by atoms with Gasteiger partial charge >= 0.3 is 0 Å². The predicted molar refractivity (Wildman–Crippen MR) is 80.5 cm³/mol. The average Bonchev–Trinajstić information content (AvgIpc) is 2.88. The summed E-state index contributed by atoms with van der Waals surface area (Å²) in [5, 5.41) is 12.1. The van der Waals surface area contributed by atoms with Crippen LogP contribution in [0.15, 0.2) is 11.4 Å². The Balaban J connectivity index is 2.19. The Hall–Kier alpha value is -0.460. The number of likely N-dealkylation sites (tertiary alicyclic amines) is 1. The van der Waals surface area contributed by atoms with E-state index >= 15 is 0 Å². The minimum atomic E-state index is -0.223. The van der Waals surface area contributed by atoms with Gasteiger partial charge in [0.05, 0.1) is 12.1 Å². The number of aryl methyl sites for hydroxylation is 1. The quantitative estimate of drug-likeness (QED) is 0.848. The summed E-state index contributed by atoms with van der Waals surface area (Å²) >= 11 is 1.77. The van der Waals surface area contributed by atoms with E-state index in [1.807, 2.05) is 0 Å². The van der Waals surface area contributed by atoms with Crippen molar-refractivity contribution in [1.29, 1.82) is 0 Å². The summed E-state index contributed by atoms with van der Waals surface area (Å²) in [6.45, 7) is 4.45. The van der Waals surface area contributed by atoms with Gasteiger partial charge in [0, 0.05) is 30.6 Å². The van der Waals surface area contributed by atoms with Crippen LogP contribution in [0.3, 0.4) is 0 Å². The van der Waals surface area contributed by atoms with Crippen molar-refractivity contribution in [2.75, 3.05) is 33.7 Å². The minimum Gasteiger partial charge on any atom is -0.392 e. The lowest BCUT2D eigenvalue weighted by Crippen LogP contribution is -2.42. The molecular weight excluding hydrogens is 258 g/mol. The normalized spacial score (nSPS) is 26.2. The fourth-order valence-electron chi connectivity index (χ4n) is 3.02. The molecule has 1 aromatic rings. The monoisotopic (exact) mass is 283 g/mol. The molecule has 1 saturated heterocycles. The molecule has 108 valence electrons. The summed E-state index contributed by atoms with van der Waals surface area (Å²) in [5.74, 6) is 0. The van der Waals surface area contributed by atoms with Crippen molar-refractivity contribution in [3.8, 4) is 0 Å². The second-order valence-corrected chi connectivity index (χ2v) is 6.67. The number of β-amino-alcohol motifs (C(OH)–C–C–N with tert-alkyl or cyclic N) is 1. The Morgan fingerprint density at radius 2 is 2.32 bits per heavy atom. The highest BCUT2D eigenvalue weighted by atomic mass is 32.1. The van der Waals surface area contributed by atoms with Crippen molar-refractivity contribution < 1.29 is 5.11 Å². The van der Waals surface area contributed by atoms with Gasteiger partial charge in [0.25, 0.3) is 0 Å². The molecule has 3 N–H and O–H groups in total. The molecule has 2 rings (SSSR count). The predicted octanol–water partition coefficient (Wildman–Crippen LogP) is 1.05. The summed E-state index contributed by atoms with van der Waals surface area (Å²) in [5.41, 5.74) is 7.33. The van der Waals surface area contributed by atoms with Gasteiger partial charge in [-0.1, -0.05) is 0 Å². The van der Waals surface area contributed by atoms with Gasteiger partial charge in [-0.2, -0.15) is 0 Å². The molecule has 0 aliphatic carbocycles. The molecule has 5 heteroatoms. The molecule has 1 aliphatic rings. The second-order valence-electron chi connectivity index (χ2n) is 5.72. The first kappa shape index (κ1) is 14.9. The maximum atomic E-state index is 10.00. The molecule has 4 nitrogen and oxygen atoms in total. The lowest BCUT2D eigenvalue weighted by atomic mass is 10.1. The van der Waals surface area contributed by atoms with Crippen molar-refractivity contribution in [2.24, 2.45) is 5.73 Å². The topological polar surface area (TPSA) is 52.7 Å². The van der Waals surface area contributed by atoms with E-state index in [0.717, 1.165) is 19.5 Å². The highest BCUT2D eigenvalue weighted by molar-refractivity contribution is 7.10. The van der Waals surface area contributed by atoms with Crippen LogP contribution in [0.25, 0.3) is 0 Å². The number of nitrogens with two attached hydrogens (primary N) is 1. The van der Waals surface area contributed by atoms with Gasteiger partial charge in [-0.3, -0.25) is 4.90 Å². The molecule has 0 amide bonds. The zero-order chi connectivity index (χ0) is 14.0. The van der Waals surface area contributed by atoms with Gasteiger partial charge < -0.3 is 15.7 Å². The Labute approximate surface area is 119 Å². The Morgan fingerprint density at radius 3 is 2.84 bits per heavy atom. The molecule has 1 aliphatic heterocycles. The van der Waals surface area contributed by atoms with E-state index in [-0.39, 0.29) is 12.1 Å². The molecule has 2 heterocycles. The van der Waals surface area contributed by atoms with E-state index in [1.165, 1.54) is 10.4 Å². The van der Waals surface area contributed by atoms with Gasteiger partial charge in [-0.25, -0.2) is 0 Å². The second kappa shape index (κ2) is 6.33. The summed E-state index contributed by atoms with van der Waals surface area (Å²) in [7, 11) is 4.16. The zero-order valence-corrected chi connectivity index (χ0v) is 12.9. The van der Waals surface area contributed by atoms with Crippen LogP contribution in [-0.2, 0) is 0 Å². The molecule has 1 fully saturated rings. The van der Waals surface area contributed by atoms with Gasteiger partial charge in [0.15, 0.2) is 0 Å². The van der Waals surface area contributed by atoms with Gasteiger partial charge in [-0.15, -0.1) is 11.3 Å². The smallest absolute Gasteiger partial charge is 0.0682 e. The van der Waals surface area contributed by atoms with Crippen LogP contribution >= 0.6 is 11.3 Å². The average molecular weight is 283 g/mol. The third-order valence-electron chi connectivity index (χ3n) is 3.84. The van der Waals surface area contributed by atoms with Crippen molar-refractivity contribution in [3.63, 3.8) is 0 Å². The molecule has 0 saturated carbocycles. The molecular formula is C14H25N3OS. The summed E-state index contributed by atoms with van der Waals surface area (Å²) in [6.07, 6.45) is 0.623. The van der Waals surface area contributed by atoms with E-state index in [4.69, 9.17) is 5.73 Å². The maximum absolute atomic E-state index is 10.00. The molecule has 0 radical (unpaired) electrons. The third kappa shape index (κ3) is 3.35.